The first-order chi connectivity index (χ1) is 9.29. The van der Waals surface area contributed by atoms with Crippen molar-refractivity contribution >= 4 is 10.0 Å². The highest BCUT2D eigenvalue weighted by molar-refractivity contribution is 7.89. The predicted molar refractivity (Wildman–Crippen MR) is 79.8 cm³/mol. The van der Waals surface area contributed by atoms with Crippen LogP contribution < -0.4 is 10.1 Å². The normalized spacial score (nSPS) is 15.8. The lowest BCUT2D eigenvalue weighted by atomic mass is 10.1. The zero-order chi connectivity index (χ0) is 14.9. The Labute approximate surface area is 121 Å². The van der Waals surface area contributed by atoms with Gasteiger partial charge in [-0.1, -0.05) is 6.07 Å². The van der Waals surface area contributed by atoms with Crippen LogP contribution in [0.25, 0.3) is 0 Å². The number of hydrazine groups is 1. The number of hydrogen-bond acceptors (Lipinski definition) is 4. The Morgan fingerprint density at radius 1 is 1.25 bits per heavy atom. The molecule has 2 rings (SSSR count). The van der Waals surface area contributed by atoms with Crippen LogP contribution >= 0.6 is 0 Å². The Balaban J connectivity index is 2.30. The standard InChI is InChI=1S/C14H23N3O2S/c1-10-7-12(9-15-13-5-6-13)8-14(11(10)2)20(18,19)16-17(3)4/h7-8,13,15-16H,5-6,9H2,1-4H3. The molecule has 5 nitrogen and oxygen atoms in total. The van der Waals surface area contributed by atoms with Crippen LogP contribution in [0.5, 0.6) is 0 Å². The van der Waals surface area contributed by atoms with Crippen LogP contribution in [0.3, 0.4) is 0 Å². The minimum Gasteiger partial charge on any atom is -0.310 e. The predicted octanol–water partition coefficient (Wildman–Crippen LogP) is 1.31. The second kappa shape index (κ2) is 5.81. The Hall–Kier alpha value is -0.950. The lowest BCUT2D eigenvalue weighted by molar-refractivity contribution is 0.364. The van der Waals surface area contributed by atoms with Gasteiger partial charge in [0.15, 0.2) is 0 Å². The highest BCUT2D eigenvalue weighted by Crippen LogP contribution is 2.23. The Morgan fingerprint density at radius 2 is 1.90 bits per heavy atom. The van der Waals surface area contributed by atoms with Gasteiger partial charge in [0.2, 0.25) is 0 Å². The quantitative estimate of drug-likeness (QED) is 0.777. The zero-order valence-corrected chi connectivity index (χ0v) is 13.3. The van der Waals surface area contributed by atoms with Gasteiger partial charge in [0, 0.05) is 26.7 Å². The summed E-state index contributed by atoms with van der Waals surface area (Å²) in [6.07, 6.45) is 2.44. The minimum atomic E-state index is -3.51. The summed E-state index contributed by atoms with van der Waals surface area (Å²) in [6.45, 7) is 4.51. The molecule has 0 saturated heterocycles. The monoisotopic (exact) mass is 297 g/mol. The molecular formula is C14H23N3O2S. The van der Waals surface area contributed by atoms with Crippen molar-refractivity contribution < 1.29 is 8.42 Å². The van der Waals surface area contributed by atoms with Crippen molar-refractivity contribution in [1.82, 2.24) is 15.2 Å². The molecule has 0 atom stereocenters. The molecule has 1 aliphatic carbocycles. The summed E-state index contributed by atoms with van der Waals surface area (Å²) in [5, 5.41) is 4.86. The Morgan fingerprint density at radius 3 is 2.45 bits per heavy atom. The molecule has 0 amide bonds. The van der Waals surface area contributed by atoms with Crippen molar-refractivity contribution in [1.29, 1.82) is 0 Å². The van der Waals surface area contributed by atoms with Crippen LogP contribution in [0.15, 0.2) is 17.0 Å². The molecule has 1 saturated carbocycles. The lowest BCUT2D eigenvalue weighted by Gasteiger charge is -2.17. The number of benzene rings is 1. The summed E-state index contributed by atoms with van der Waals surface area (Å²) in [7, 11) is -0.180. The molecule has 0 aromatic heterocycles. The van der Waals surface area contributed by atoms with Crippen molar-refractivity contribution in [2.45, 2.75) is 44.2 Å². The third-order valence-corrected chi connectivity index (χ3v) is 5.05. The van der Waals surface area contributed by atoms with Crippen LogP contribution in [0.2, 0.25) is 0 Å². The molecule has 1 fully saturated rings. The molecule has 20 heavy (non-hydrogen) atoms. The fourth-order valence-electron chi connectivity index (χ4n) is 2.12. The van der Waals surface area contributed by atoms with Crippen molar-refractivity contribution in [2.24, 2.45) is 0 Å². The number of rotatable bonds is 6. The zero-order valence-electron chi connectivity index (χ0n) is 12.5. The van der Waals surface area contributed by atoms with E-state index in [-0.39, 0.29) is 0 Å². The van der Waals surface area contributed by atoms with E-state index in [2.05, 4.69) is 16.2 Å². The number of nitrogens with zero attached hydrogens (tertiary/aromatic N) is 1. The van der Waals surface area contributed by atoms with Crippen molar-refractivity contribution in [3.05, 3.63) is 28.8 Å². The van der Waals surface area contributed by atoms with E-state index in [1.807, 2.05) is 13.8 Å². The molecule has 0 bridgehead atoms. The highest BCUT2D eigenvalue weighted by Gasteiger charge is 2.22. The van der Waals surface area contributed by atoms with Gasteiger partial charge >= 0.3 is 0 Å². The number of sulfonamides is 1. The molecule has 0 spiro atoms. The van der Waals surface area contributed by atoms with Crippen LogP contribution in [-0.2, 0) is 16.6 Å². The summed E-state index contributed by atoms with van der Waals surface area (Å²) in [4.78, 5) is 2.85. The van der Waals surface area contributed by atoms with E-state index in [9.17, 15) is 8.42 Å². The maximum Gasteiger partial charge on any atom is 0.253 e. The summed E-state index contributed by atoms with van der Waals surface area (Å²) in [5.74, 6) is 0. The molecule has 112 valence electrons. The third kappa shape index (κ3) is 3.79. The van der Waals surface area contributed by atoms with Crippen molar-refractivity contribution in [2.75, 3.05) is 14.1 Å². The SMILES string of the molecule is Cc1cc(CNC2CC2)cc(S(=O)(=O)NN(C)C)c1C. The largest absolute Gasteiger partial charge is 0.310 e. The van der Waals surface area contributed by atoms with Gasteiger partial charge in [-0.2, -0.15) is 0 Å². The van der Waals surface area contributed by atoms with Gasteiger partial charge in [-0.15, -0.1) is 4.83 Å². The Kier molecular flexibility index (Phi) is 4.49. The fraction of sp³-hybridized carbons (Fsp3) is 0.571. The van der Waals surface area contributed by atoms with Crippen molar-refractivity contribution in [3.8, 4) is 0 Å². The fourth-order valence-corrected chi connectivity index (χ4v) is 3.57. The summed E-state index contributed by atoms with van der Waals surface area (Å²) >= 11 is 0. The van der Waals surface area contributed by atoms with Gasteiger partial charge in [0.1, 0.15) is 0 Å². The smallest absolute Gasteiger partial charge is 0.253 e. The van der Waals surface area contributed by atoms with Gasteiger partial charge in [-0.05, 0) is 49.4 Å². The first kappa shape index (κ1) is 15.4. The number of nitrogens with one attached hydrogen (secondary N) is 2. The summed E-state index contributed by atoms with van der Waals surface area (Å²) in [5.41, 5.74) is 2.81. The second-order valence-corrected chi connectivity index (χ2v) is 7.31. The van der Waals surface area contributed by atoms with Crippen LogP contribution in [-0.4, -0.2) is 33.6 Å². The minimum absolute atomic E-state index is 0.360. The molecule has 6 heteroatoms. The maximum absolute atomic E-state index is 12.3. The van der Waals surface area contributed by atoms with Gasteiger partial charge in [0.05, 0.1) is 4.90 Å². The van der Waals surface area contributed by atoms with Gasteiger partial charge in [0.25, 0.3) is 10.0 Å². The molecule has 1 aromatic rings. The van der Waals surface area contributed by atoms with Crippen LogP contribution in [0.4, 0.5) is 0 Å². The average molecular weight is 297 g/mol. The molecular weight excluding hydrogens is 274 g/mol. The molecule has 1 aromatic carbocycles. The van der Waals surface area contributed by atoms with Gasteiger partial charge < -0.3 is 5.32 Å². The van der Waals surface area contributed by atoms with Gasteiger partial charge in [-0.3, -0.25) is 0 Å². The molecule has 2 N–H and O–H groups in total. The maximum atomic E-state index is 12.3. The molecule has 1 aliphatic rings. The summed E-state index contributed by atoms with van der Waals surface area (Å²) in [6, 6.07) is 4.43. The topological polar surface area (TPSA) is 61.4 Å². The molecule has 0 aliphatic heterocycles. The Bertz CT molecular complexity index is 593. The van der Waals surface area contributed by atoms with E-state index in [0.717, 1.165) is 23.2 Å². The van der Waals surface area contributed by atoms with Crippen molar-refractivity contribution in [3.63, 3.8) is 0 Å². The van der Waals surface area contributed by atoms with E-state index in [1.54, 1.807) is 20.2 Å². The van der Waals surface area contributed by atoms with Gasteiger partial charge in [-0.25, -0.2) is 13.4 Å². The first-order valence-electron chi connectivity index (χ1n) is 6.83. The van der Waals surface area contributed by atoms with E-state index >= 15 is 0 Å². The molecule has 0 unspecified atom stereocenters. The van der Waals surface area contributed by atoms with E-state index < -0.39 is 10.0 Å². The summed E-state index contributed by atoms with van der Waals surface area (Å²) < 4.78 is 24.7. The van der Waals surface area contributed by atoms with E-state index in [4.69, 9.17) is 0 Å². The van der Waals surface area contributed by atoms with E-state index in [0.29, 0.717) is 10.9 Å². The molecule has 0 radical (unpaired) electrons. The lowest BCUT2D eigenvalue weighted by Crippen LogP contribution is -2.36. The first-order valence-corrected chi connectivity index (χ1v) is 8.31. The molecule has 0 heterocycles. The van der Waals surface area contributed by atoms with Crippen LogP contribution in [0.1, 0.15) is 29.5 Å². The number of hydrogen-bond donors (Lipinski definition) is 2. The highest BCUT2D eigenvalue weighted by atomic mass is 32.2. The number of aryl methyl sites for hydroxylation is 1. The van der Waals surface area contributed by atoms with Crippen LogP contribution in [0, 0.1) is 13.8 Å². The third-order valence-electron chi connectivity index (χ3n) is 3.44. The van der Waals surface area contributed by atoms with E-state index in [1.165, 1.54) is 17.9 Å². The second-order valence-electron chi connectivity index (χ2n) is 5.68. The average Bonchev–Trinajstić information content (AvgIpc) is 3.12.